The standard InChI is InChI=1S/C18H14ClNO4/c19-13-4-1-7(5-12(13)18(23)24)20-16(21)14-8-2-3-9(11-6-10(8)11)15(14)17(20)22/h1-5,8-11,14-15H,6H2,(H,23,24)/p-1/t8-,9+,10+,11-,14+,15-. The lowest BCUT2D eigenvalue weighted by Crippen LogP contribution is -2.40. The highest BCUT2D eigenvalue weighted by Crippen LogP contribution is 2.65. The molecule has 0 unspecified atom stereocenters. The fourth-order valence-corrected chi connectivity index (χ4v) is 5.21. The number of aromatic carboxylic acids is 1. The van der Waals surface area contributed by atoms with Crippen molar-refractivity contribution in [3.63, 3.8) is 0 Å². The number of hydrogen-bond donors (Lipinski definition) is 0. The van der Waals surface area contributed by atoms with Gasteiger partial charge >= 0.3 is 0 Å². The van der Waals surface area contributed by atoms with Crippen LogP contribution >= 0.6 is 11.6 Å². The molecule has 2 saturated carbocycles. The van der Waals surface area contributed by atoms with Crippen LogP contribution in [0.1, 0.15) is 16.8 Å². The molecule has 5 nitrogen and oxygen atoms in total. The molecule has 0 aromatic heterocycles. The average molecular weight is 343 g/mol. The maximum atomic E-state index is 12.9. The number of carbonyl (C=O) groups excluding carboxylic acids is 3. The number of halogens is 1. The van der Waals surface area contributed by atoms with Gasteiger partial charge in [0.2, 0.25) is 11.8 Å². The fourth-order valence-electron chi connectivity index (χ4n) is 5.02. The Morgan fingerprint density at radius 2 is 1.67 bits per heavy atom. The summed E-state index contributed by atoms with van der Waals surface area (Å²) in [6.07, 6.45) is 5.30. The molecule has 24 heavy (non-hydrogen) atoms. The summed E-state index contributed by atoms with van der Waals surface area (Å²) >= 11 is 5.85. The largest absolute Gasteiger partial charge is 0.545 e. The van der Waals surface area contributed by atoms with E-state index in [0.29, 0.717) is 11.8 Å². The summed E-state index contributed by atoms with van der Waals surface area (Å²) in [7, 11) is 0. The molecule has 6 heteroatoms. The van der Waals surface area contributed by atoms with Gasteiger partial charge in [-0.05, 0) is 48.3 Å². The number of hydrogen-bond acceptors (Lipinski definition) is 4. The normalized spacial score (nSPS) is 38.3. The van der Waals surface area contributed by atoms with Crippen molar-refractivity contribution in [2.75, 3.05) is 4.90 Å². The Kier molecular flexibility index (Phi) is 2.65. The highest BCUT2D eigenvalue weighted by Gasteiger charge is 2.67. The molecule has 1 aromatic carbocycles. The first-order chi connectivity index (χ1) is 11.5. The van der Waals surface area contributed by atoms with Crippen LogP contribution in [-0.4, -0.2) is 17.8 Å². The molecule has 1 heterocycles. The van der Waals surface area contributed by atoms with E-state index in [1.807, 2.05) is 0 Å². The number of benzene rings is 1. The minimum atomic E-state index is -1.43. The van der Waals surface area contributed by atoms with E-state index in [2.05, 4.69) is 12.2 Å². The third-order valence-corrected chi connectivity index (χ3v) is 6.42. The number of nitrogens with zero attached hydrogens (tertiary/aromatic N) is 1. The van der Waals surface area contributed by atoms with Gasteiger partial charge in [0.05, 0.1) is 23.5 Å². The van der Waals surface area contributed by atoms with Gasteiger partial charge in [-0.15, -0.1) is 0 Å². The number of anilines is 1. The van der Waals surface area contributed by atoms with E-state index in [1.54, 1.807) is 0 Å². The lowest BCUT2D eigenvalue weighted by Gasteiger charge is -2.37. The van der Waals surface area contributed by atoms with E-state index < -0.39 is 5.97 Å². The van der Waals surface area contributed by atoms with Crippen molar-refractivity contribution in [2.45, 2.75) is 6.42 Å². The van der Waals surface area contributed by atoms with Crippen LogP contribution in [-0.2, 0) is 9.59 Å². The molecule has 0 spiro atoms. The Morgan fingerprint density at radius 3 is 2.21 bits per heavy atom. The zero-order chi connectivity index (χ0) is 16.7. The molecule has 2 amide bonds. The number of carbonyl (C=O) groups is 3. The average Bonchev–Trinajstić information content (AvgIpc) is 3.33. The second kappa shape index (κ2) is 4.48. The highest BCUT2D eigenvalue weighted by atomic mass is 35.5. The Hall–Kier alpha value is -2.14. The lowest BCUT2D eigenvalue weighted by atomic mass is 9.63. The van der Waals surface area contributed by atoms with E-state index >= 15 is 0 Å². The third-order valence-electron chi connectivity index (χ3n) is 6.09. The molecule has 122 valence electrons. The van der Waals surface area contributed by atoms with Gasteiger partial charge in [0.15, 0.2) is 0 Å². The van der Waals surface area contributed by atoms with Crippen molar-refractivity contribution >= 4 is 35.1 Å². The zero-order valence-corrected chi connectivity index (χ0v) is 13.3. The fraction of sp³-hybridized carbons (Fsp3) is 0.389. The van der Waals surface area contributed by atoms with Crippen LogP contribution in [0.15, 0.2) is 30.4 Å². The van der Waals surface area contributed by atoms with Crippen LogP contribution in [0.2, 0.25) is 5.02 Å². The number of carboxylic acids is 1. The molecule has 0 radical (unpaired) electrons. The summed E-state index contributed by atoms with van der Waals surface area (Å²) in [6.45, 7) is 0. The molecule has 0 N–H and O–H groups in total. The zero-order valence-electron chi connectivity index (χ0n) is 12.5. The quantitative estimate of drug-likeness (QED) is 0.599. The van der Waals surface area contributed by atoms with Gasteiger partial charge in [-0.3, -0.25) is 9.59 Å². The van der Waals surface area contributed by atoms with E-state index in [0.717, 1.165) is 11.3 Å². The van der Waals surface area contributed by atoms with Crippen molar-refractivity contribution in [1.82, 2.24) is 0 Å². The monoisotopic (exact) mass is 342 g/mol. The van der Waals surface area contributed by atoms with Crippen LogP contribution in [0.5, 0.6) is 0 Å². The molecular weight excluding hydrogens is 330 g/mol. The van der Waals surface area contributed by atoms with Crippen molar-refractivity contribution in [2.24, 2.45) is 35.5 Å². The summed E-state index contributed by atoms with van der Waals surface area (Å²) in [5, 5.41) is 11.2. The molecule has 6 rings (SSSR count). The first-order valence-corrected chi connectivity index (χ1v) is 8.44. The Balaban J connectivity index is 1.57. The van der Waals surface area contributed by atoms with Crippen LogP contribution in [0.3, 0.4) is 0 Å². The van der Waals surface area contributed by atoms with Gasteiger partial charge in [-0.1, -0.05) is 23.8 Å². The maximum Gasteiger partial charge on any atom is 0.238 e. The van der Waals surface area contributed by atoms with Gasteiger partial charge in [-0.25, -0.2) is 4.90 Å². The molecule has 5 aliphatic rings. The van der Waals surface area contributed by atoms with E-state index in [1.165, 1.54) is 18.2 Å². The van der Waals surface area contributed by atoms with E-state index in [-0.39, 0.29) is 51.8 Å². The highest BCUT2D eigenvalue weighted by molar-refractivity contribution is 6.33. The summed E-state index contributed by atoms with van der Waals surface area (Å²) in [6, 6.07) is 4.15. The first-order valence-electron chi connectivity index (χ1n) is 8.06. The predicted molar refractivity (Wildman–Crippen MR) is 83.0 cm³/mol. The topological polar surface area (TPSA) is 77.5 Å². The summed E-state index contributed by atoms with van der Waals surface area (Å²) in [4.78, 5) is 38.2. The van der Waals surface area contributed by atoms with Crippen molar-refractivity contribution < 1.29 is 19.5 Å². The van der Waals surface area contributed by atoms with Crippen LogP contribution in [0.25, 0.3) is 0 Å². The lowest BCUT2D eigenvalue weighted by molar-refractivity contribution is -0.255. The molecule has 3 fully saturated rings. The van der Waals surface area contributed by atoms with Gasteiger partial charge < -0.3 is 9.90 Å². The minimum Gasteiger partial charge on any atom is -0.545 e. The number of rotatable bonds is 2. The Bertz CT molecular complexity index is 811. The number of carboxylic acid groups (broad SMARTS) is 1. The summed E-state index contributed by atoms with van der Waals surface area (Å²) in [5.41, 5.74) is 0.0460. The van der Waals surface area contributed by atoms with Gasteiger partial charge in [0, 0.05) is 10.6 Å². The molecule has 2 bridgehead atoms. The maximum absolute atomic E-state index is 12.9. The van der Waals surface area contributed by atoms with Gasteiger partial charge in [0.25, 0.3) is 0 Å². The smallest absolute Gasteiger partial charge is 0.238 e. The Labute approximate surface area is 142 Å². The van der Waals surface area contributed by atoms with Gasteiger partial charge in [-0.2, -0.15) is 0 Å². The second-order valence-electron chi connectivity index (χ2n) is 7.12. The molecule has 6 atom stereocenters. The molecule has 1 saturated heterocycles. The van der Waals surface area contributed by atoms with Crippen molar-refractivity contribution in [1.29, 1.82) is 0 Å². The third kappa shape index (κ3) is 1.63. The van der Waals surface area contributed by atoms with Crippen LogP contribution in [0.4, 0.5) is 5.69 Å². The van der Waals surface area contributed by atoms with E-state index in [4.69, 9.17) is 11.6 Å². The molecule has 1 aromatic rings. The molecule has 4 aliphatic carbocycles. The molecular formula is C18H13ClNO4-. The number of imide groups is 1. The van der Waals surface area contributed by atoms with Crippen LogP contribution in [0, 0.1) is 35.5 Å². The first kappa shape index (κ1) is 14.2. The number of amides is 2. The second-order valence-corrected chi connectivity index (χ2v) is 7.53. The van der Waals surface area contributed by atoms with Crippen molar-refractivity contribution in [3.8, 4) is 0 Å². The minimum absolute atomic E-state index is 0.0261. The van der Waals surface area contributed by atoms with Crippen LogP contribution < -0.4 is 10.0 Å². The molecule has 1 aliphatic heterocycles. The van der Waals surface area contributed by atoms with Crippen molar-refractivity contribution in [3.05, 3.63) is 40.9 Å². The summed E-state index contributed by atoms with van der Waals surface area (Å²) in [5.74, 6) is -1.15. The van der Waals surface area contributed by atoms with Gasteiger partial charge in [0.1, 0.15) is 0 Å². The predicted octanol–water partition coefficient (Wildman–Crippen LogP) is 1.26. The summed E-state index contributed by atoms with van der Waals surface area (Å²) < 4.78 is 0. The Morgan fingerprint density at radius 1 is 1.08 bits per heavy atom. The SMILES string of the molecule is O=C([O-])c1cc(N2C(=O)[C@@H]3[C@H]4C=C[C@H]([C@@H]5C[C@H]45)[C@@H]3C2=O)ccc1Cl. The number of allylic oxidation sites excluding steroid dienone is 2. The van der Waals surface area contributed by atoms with E-state index in [9.17, 15) is 19.5 Å².